The van der Waals surface area contributed by atoms with Gasteiger partial charge in [-0.15, -0.1) is 11.8 Å². The molecule has 1 heteroatoms. The standard InChI is InChI=1S/C12H19N/c1-2-3-4-8-13-12-7-5-6-10-9-11(10)12/h10-13H,4-9H2,1H3/t10-,11+,12?/m0/s1. The van der Waals surface area contributed by atoms with Crippen molar-refractivity contribution in [2.45, 2.75) is 45.1 Å². The van der Waals surface area contributed by atoms with Gasteiger partial charge in [-0.2, -0.15) is 0 Å². The summed E-state index contributed by atoms with van der Waals surface area (Å²) in [5, 5.41) is 3.65. The lowest BCUT2D eigenvalue weighted by Gasteiger charge is -2.22. The Kier molecular flexibility index (Phi) is 2.90. The predicted molar refractivity (Wildman–Crippen MR) is 55.3 cm³/mol. The van der Waals surface area contributed by atoms with Crippen molar-refractivity contribution in [3.63, 3.8) is 0 Å². The molecule has 3 atom stereocenters. The lowest BCUT2D eigenvalue weighted by molar-refractivity contribution is 0.357. The van der Waals surface area contributed by atoms with E-state index in [1.165, 1.54) is 25.7 Å². The van der Waals surface area contributed by atoms with Crippen molar-refractivity contribution in [3.8, 4) is 11.8 Å². The van der Waals surface area contributed by atoms with E-state index < -0.39 is 0 Å². The van der Waals surface area contributed by atoms with Crippen molar-refractivity contribution in [3.05, 3.63) is 0 Å². The van der Waals surface area contributed by atoms with Gasteiger partial charge in [0.25, 0.3) is 0 Å². The summed E-state index contributed by atoms with van der Waals surface area (Å²) in [6, 6.07) is 0.831. The average molecular weight is 177 g/mol. The Bertz CT molecular complexity index is 223. The van der Waals surface area contributed by atoms with Crippen LogP contribution in [0.5, 0.6) is 0 Å². The van der Waals surface area contributed by atoms with Gasteiger partial charge in [0.2, 0.25) is 0 Å². The van der Waals surface area contributed by atoms with Gasteiger partial charge in [0.15, 0.2) is 0 Å². The molecule has 1 unspecified atom stereocenters. The molecule has 0 aromatic carbocycles. The number of nitrogens with one attached hydrogen (secondary N) is 1. The fourth-order valence-electron chi connectivity index (χ4n) is 2.61. The number of rotatable bonds is 3. The van der Waals surface area contributed by atoms with Crippen LogP contribution in [0.25, 0.3) is 0 Å². The summed E-state index contributed by atoms with van der Waals surface area (Å²) in [7, 11) is 0. The minimum absolute atomic E-state index is 0.831. The first-order chi connectivity index (χ1) is 6.42. The molecule has 2 aliphatic rings. The van der Waals surface area contributed by atoms with Gasteiger partial charge < -0.3 is 5.32 Å². The second-order valence-electron chi connectivity index (χ2n) is 4.33. The van der Waals surface area contributed by atoms with Crippen LogP contribution in [0, 0.1) is 23.7 Å². The fourth-order valence-corrected chi connectivity index (χ4v) is 2.61. The van der Waals surface area contributed by atoms with E-state index in [4.69, 9.17) is 0 Å². The van der Waals surface area contributed by atoms with Crippen LogP contribution in [0.1, 0.15) is 39.0 Å². The third-order valence-electron chi connectivity index (χ3n) is 3.42. The van der Waals surface area contributed by atoms with Gasteiger partial charge in [-0.05, 0) is 31.6 Å². The highest BCUT2D eigenvalue weighted by Crippen LogP contribution is 2.49. The van der Waals surface area contributed by atoms with Gasteiger partial charge in [0.1, 0.15) is 0 Å². The van der Waals surface area contributed by atoms with E-state index >= 15 is 0 Å². The molecule has 0 aromatic rings. The van der Waals surface area contributed by atoms with E-state index in [2.05, 4.69) is 17.2 Å². The highest BCUT2D eigenvalue weighted by Gasteiger charge is 2.44. The molecule has 2 aliphatic carbocycles. The molecule has 2 fully saturated rings. The van der Waals surface area contributed by atoms with Crippen LogP contribution in [0.2, 0.25) is 0 Å². The molecule has 0 radical (unpaired) electrons. The molecule has 0 heterocycles. The maximum absolute atomic E-state index is 3.65. The van der Waals surface area contributed by atoms with Crippen LogP contribution in [0.4, 0.5) is 0 Å². The van der Waals surface area contributed by atoms with E-state index in [0.717, 1.165) is 30.8 Å². The van der Waals surface area contributed by atoms with Gasteiger partial charge >= 0.3 is 0 Å². The molecular formula is C12H19N. The zero-order chi connectivity index (χ0) is 9.10. The summed E-state index contributed by atoms with van der Waals surface area (Å²) >= 11 is 0. The minimum Gasteiger partial charge on any atom is -0.313 e. The first-order valence-corrected chi connectivity index (χ1v) is 5.55. The second-order valence-corrected chi connectivity index (χ2v) is 4.33. The van der Waals surface area contributed by atoms with Crippen LogP contribution in [0.15, 0.2) is 0 Å². The summed E-state index contributed by atoms with van der Waals surface area (Å²) in [4.78, 5) is 0. The normalized spacial score (nSPS) is 35.9. The summed E-state index contributed by atoms with van der Waals surface area (Å²) < 4.78 is 0. The molecule has 72 valence electrons. The molecule has 0 saturated heterocycles. The van der Waals surface area contributed by atoms with Crippen molar-refractivity contribution in [1.29, 1.82) is 0 Å². The maximum Gasteiger partial charge on any atom is 0.0214 e. The Labute approximate surface area is 81.3 Å². The lowest BCUT2D eigenvalue weighted by atomic mass is 9.95. The Balaban J connectivity index is 1.65. The smallest absolute Gasteiger partial charge is 0.0214 e. The van der Waals surface area contributed by atoms with Crippen LogP contribution in [-0.2, 0) is 0 Å². The van der Waals surface area contributed by atoms with Gasteiger partial charge in [-0.3, -0.25) is 0 Å². The minimum atomic E-state index is 0.831. The Morgan fingerprint density at radius 3 is 3.15 bits per heavy atom. The van der Waals surface area contributed by atoms with E-state index in [0.29, 0.717) is 0 Å². The summed E-state index contributed by atoms with van der Waals surface area (Å²) in [5.74, 6) is 8.16. The van der Waals surface area contributed by atoms with Crippen LogP contribution >= 0.6 is 0 Å². The molecular weight excluding hydrogens is 158 g/mol. The molecule has 2 saturated carbocycles. The van der Waals surface area contributed by atoms with Crippen molar-refractivity contribution < 1.29 is 0 Å². The molecule has 0 spiro atoms. The van der Waals surface area contributed by atoms with Gasteiger partial charge in [-0.1, -0.05) is 12.8 Å². The third-order valence-corrected chi connectivity index (χ3v) is 3.42. The Morgan fingerprint density at radius 1 is 1.38 bits per heavy atom. The quantitative estimate of drug-likeness (QED) is 0.514. The molecule has 1 N–H and O–H groups in total. The molecule has 0 aromatic heterocycles. The maximum atomic E-state index is 3.65. The third kappa shape index (κ3) is 2.25. The molecule has 1 nitrogen and oxygen atoms in total. The van der Waals surface area contributed by atoms with E-state index in [1.807, 2.05) is 6.92 Å². The second kappa shape index (κ2) is 4.15. The summed E-state index contributed by atoms with van der Waals surface area (Å²) in [5.41, 5.74) is 0. The van der Waals surface area contributed by atoms with E-state index in [-0.39, 0.29) is 0 Å². The zero-order valence-corrected chi connectivity index (χ0v) is 8.47. The lowest BCUT2D eigenvalue weighted by Crippen LogP contribution is -2.34. The average Bonchev–Trinajstić information content (AvgIpc) is 2.91. The van der Waals surface area contributed by atoms with Crippen LogP contribution in [-0.4, -0.2) is 12.6 Å². The molecule has 0 amide bonds. The first-order valence-electron chi connectivity index (χ1n) is 5.55. The topological polar surface area (TPSA) is 12.0 Å². The Morgan fingerprint density at radius 2 is 2.31 bits per heavy atom. The van der Waals surface area contributed by atoms with Gasteiger partial charge in [0.05, 0.1) is 0 Å². The summed E-state index contributed by atoms with van der Waals surface area (Å²) in [6.07, 6.45) is 6.86. The van der Waals surface area contributed by atoms with Crippen molar-refractivity contribution in [1.82, 2.24) is 5.32 Å². The van der Waals surface area contributed by atoms with Crippen LogP contribution in [0.3, 0.4) is 0 Å². The fraction of sp³-hybridized carbons (Fsp3) is 0.833. The van der Waals surface area contributed by atoms with Crippen LogP contribution < -0.4 is 5.32 Å². The molecule has 0 bridgehead atoms. The molecule has 2 rings (SSSR count). The predicted octanol–water partition coefficient (Wildman–Crippen LogP) is 2.18. The highest BCUT2D eigenvalue weighted by molar-refractivity contribution is 4.99. The monoisotopic (exact) mass is 177 g/mol. The number of hydrogen-bond acceptors (Lipinski definition) is 1. The SMILES string of the molecule is CC#CCCNC1CCC[C@H]2C[C@@H]12. The van der Waals surface area contributed by atoms with Gasteiger partial charge in [0, 0.05) is 19.0 Å². The summed E-state index contributed by atoms with van der Waals surface area (Å²) in [6.45, 7) is 3.01. The number of fused-ring (bicyclic) bond motifs is 1. The van der Waals surface area contributed by atoms with Crippen molar-refractivity contribution >= 4 is 0 Å². The first kappa shape index (κ1) is 9.09. The molecule has 13 heavy (non-hydrogen) atoms. The van der Waals surface area contributed by atoms with Gasteiger partial charge in [-0.25, -0.2) is 0 Å². The zero-order valence-electron chi connectivity index (χ0n) is 8.47. The highest BCUT2D eigenvalue weighted by atomic mass is 14.9. The van der Waals surface area contributed by atoms with Crippen molar-refractivity contribution in [2.24, 2.45) is 11.8 Å². The van der Waals surface area contributed by atoms with E-state index in [9.17, 15) is 0 Å². The largest absolute Gasteiger partial charge is 0.313 e. The number of hydrogen-bond donors (Lipinski definition) is 1. The van der Waals surface area contributed by atoms with Crippen molar-refractivity contribution in [2.75, 3.05) is 6.54 Å². The van der Waals surface area contributed by atoms with E-state index in [1.54, 1.807) is 0 Å². The Hall–Kier alpha value is -0.480. The molecule has 0 aliphatic heterocycles.